The molecule has 2 atom stereocenters. The molecule has 0 fully saturated rings. The van der Waals surface area contributed by atoms with Crippen LogP contribution in [0.15, 0.2) is 35.9 Å². The Hall–Kier alpha value is -2.23. The molecule has 0 aliphatic heterocycles. The molecule has 0 radical (unpaired) electrons. The second kappa shape index (κ2) is 10.4. The molecule has 0 bridgehead atoms. The first-order chi connectivity index (χ1) is 13.4. The molecule has 0 heterocycles. The lowest BCUT2D eigenvalue weighted by Crippen LogP contribution is -2.19. The Morgan fingerprint density at radius 3 is 2.71 bits per heavy atom. The number of unbranched alkanes of at least 4 members (excludes halogenated alkanes) is 2. The van der Waals surface area contributed by atoms with E-state index in [1.54, 1.807) is 0 Å². The van der Waals surface area contributed by atoms with Crippen molar-refractivity contribution in [3.05, 3.63) is 47.1 Å². The fraction of sp³-hybridized carbons (Fsp3) is 0.542. The third kappa shape index (κ3) is 5.63. The second-order valence-corrected chi connectivity index (χ2v) is 7.88. The third-order valence-corrected chi connectivity index (χ3v) is 5.54. The highest BCUT2D eigenvalue weighted by atomic mass is 16.6. The van der Waals surface area contributed by atoms with Crippen LogP contribution in [0.4, 0.5) is 0 Å². The molecule has 1 aliphatic rings. The molecule has 1 aliphatic carbocycles. The Morgan fingerprint density at radius 1 is 1.32 bits per heavy atom. The van der Waals surface area contributed by atoms with Crippen LogP contribution in [0.25, 0.3) is 0 Å². The minimum Gasteiger partial charge on any atom is -0.507 e. The van der Waals surface area contributed by atoms with Crippen molar-refractivity contribution in [2.45, 2.75) is 65.2 Å². The zero-order chi connectivity index (χ0) is 20.7. The minimum absolute atomic E-state index is 0.0106. The van der Waals surface area contributed by atoms with Crippen LogP contribution in [-0.4, -0.2) is 24.8 Å². The van der Waals surface area contributed by atoms with Gasteiger partial charge in [-0.15, -0.1) is 0 Å². The van der Waals surface area contributed by atoms with Crippen molar-refractivity contribution < 1.29 is 19.4 Å². The van der Waals surface area contributed by atoms with Gasteiger partial charge in [0.25, 0.3) is 0 Å². The molecule has 4 nitrogen and oxygen atoms in total. The van der Waals surface area contributed by atoms with Crippen LogP contribution in [0.5, 0.6) is 11.5 Å². The number of carbonyl (C=O) groups is 1. The zero-order valence-corrected chi connectivity index (χ0v) is 17.7. The molecular formula is C24H34O4. The SMILES string of the molecule is C=C(C)[C@@H]1CCC(C)=CC1c1c(O)cc(CCCCC)cc1OCC(=O)OC. The van der Waals surface area contributed by atoms with E-state index in [-0.39, 0.29) is 24.2 Å². The number of carbonyl (C=O) groups excluding carboxylic acids is 1. The first-order valence-electron chi connectivity index (χ1n) is 10.2. The molecule has 2 rings (SSSR count). The summed E-state index contributed by atoms with van der Waals surface area (Å²) >= 11 is 0. The number of aromatic hydroxyl groups is 1. The van der Waals surface area contributed by atoms with E-state index < -0.39 is 5.97 Å². The van der Waals surface area contributed by atoms with E-state index in [9.17, 15) is 9.90 Å². The van der Waals surface area contributed by atoms with Crippen LogP contribution in [0.1, 0.15) is 69.9 Å². The van der Waals surface area contributed by atoms with Gasteiger partial charge in [0.2, 0.25) is 0 Å². The normalized spacial score (nSPS) is 19.1. The van der Waals surface area contributed by atoms with Gasteiger partial charge in [-0.3, -0.25) is 0 Å². The van der Waals surface area contributed by atoms with Gasteiger partial charge < -0.3 is 14.6 Å². The topological polar surface area (TPSA) is 55.8 Å². The molecule has 154 valence electrons. The lowest BCUT2D eigenvalue weighted by molar-refractivity contribution is -0.142. The summed E-state index contributed by atoms with van der Waals surface area (Å²) in [5, 5.41) is 10.9. The van der Waals surface area contributed by atoms with E-state index in [1.165, 1.54) is 12.7 Å². The monoisotopic (exact) mass is 386 g/mol. The summed E-state index contributed by atoms with van der Waals surface area (Å²) in [4.78, 5) is 11.6. The van der Waals surface area contributed by atoms with Crippen molar-refractivity contribution in [1.82, 2.24) is 0 Å². The summed E-state index contributed by atoms with van der Waals surface area (Å²) in [6, 6.07) is 3.82. The Bertz CT molecular complexity index is 732. The van der Waals surface area contributed by atoms with Crippen LogP contribution in [0.2, 0.25) is 0 Å². The molecule has 0 saturated heterocycles. The molecule has 0 amide bonds. The smallest absolute Gasteiger partial charge is 0.343 e. The molecule has 0 spiro atoms. The van der Waals surface area contributed by atoms with Crippen molar-refractivity contribution in [2.75, 3.05) is 13.7 Å². The number of allylic oxidation sites excluding steroid dienone is 3. The second-order valence-electron chi connectivity index (χ2n) is 7.88. The van der Waals surface area contributed by atoms with Gasteiger partial charge in [0, 0.05) is 11.5 Å². The molecule has 1 aromatic rings. The molecule has 1 unspecified atom stereocenters. The number of ether oxygens (including phenoxy) is 2. The molecule has 1 N–H and O–H groups in total. The fourth-order valence-electron chi connectivity index (χ4n) is 3.95. The summed E-state index contributed by atoms with van der Waals surface area (Å²) in [6.45, 7) is 10.3. The summed E-state index contributed by atoms with van der Waals surface area (Å²) in [6.07, 6.45) is 8.45. The number of benzene rings is 1. The summed E-state index contributed by atoms with van der Waals surface area (Å²) < 4.78 is 10.6. The fourth-order valence-corrected chi connectivity index (χ4v) is 3.95. The Balaban J connectivity index is 2.45. The highest BCUT2D eigenvalue weighted by Gasteiger charge is 2.30. The number of hydrogen-bond acceptors (Lipinski definition) is 4. The zero-order valence-electron chi connectivity index (χ0n) is 17.7. The lowest BCUT2D eigenvalue weighted by atomic mass is 9.73. The standard InChI is InChI=1S/C24H34O4/c1-6-7-8-9-18-13-21(25)24(22(14-18)28-15-23(26)27-5)20-12-17(4)10-11-19(20)16(2)3/h12-14,19-20,25H,2,6-11,15H2,1,3-5H3/t19-,20?/m0/s1. The van der Waals surface area contributed by atoms with Crippen molar-refractivity contribution in [2.24, 2.45) is 5.92 Å². The maximum Gasteiger partial charge on any atom is 0.343 e. The highest BCUT2D eigenvalue weighted by molar-refractivity contribution is 5.71. The average molecular weight is 387 g/mol. The number of rotatable bonds is 9. The molecule has 1 aromatic carbocycles. The first kappa shape index (κ1) is 22.1. The summed E-state index contributed by atoms with van der Waals surface area (Å²) in [7, 11) is 1.34. The van der Waals surface area contributed by atoms with E-state index in [0.29, 0.717) is 5.75 Å². The van der Waals surface area contributed by atoms with Gasteiger partial charge in [0.15, 0.2) is 6.61 Å². The molecule has 0 aromatic heterocycles. The Labute approximate surface area is 169 Å². The van der Waals surface area contributed by atoms with Crippen LogP contribution >= 0.6 is 0 Å². The quantitative estimate of drug-likeness (QED) is 0.336. The van der Waals surface area contributed by atoms with Gasteiger partial charge in [-0.1, -0.05) is 43.6 Å². The molecule has 28 heavy (non-hydrogen) atoms. The van der Waals surface area contributed by atoms with Crippen molar-refractivity contribution in [3.8, 4) is 11.5 Å². The van der Waals surface area contributed by atoms with Gasteiger partial charge in [0.05, 0.1) is 7.11 Å². The maximum absolute atomic E-state index is 11.6. The van der Waals surface area contributed by atoms with Crippen molar-refractivity contribution >= 4 is 5.97 Å². The van der Waals surface area contributed by atoms with Gasteiger partial charge in [-0.25, -0.2) is 4.79 Å². The predicted molar refractivity (Wildman–Crippen MR) is 113 cm³/mol. The summed E-state index contributed by atoms with van der Waals surface area (Å²) in [5.41, 5.74) is 4.17. The number of hydrogen-bond donors (Lipinski definition) is 1. The van der Waals surface area contributed by atoms with Gasteiger partial charge in [-0.05, 0) is 63.1 Å². The third-order valence-electron chi connectivity index (χ3n) is 5.54. The number of phenols is 1. The van der Waals surface area contributed by atoms with E-state index in [0.717, 1.165) is 55.2 Å². The van der Waals surface area contributed by atoms with Crippen molar-refractivity contribution in [1.29, 1.82) is 0 Å². The number of methoxy groups -OCH3 is 1. The van der Waals surface area contributed by atoms with Crippen molar-refractivity contribution in [3.63, 3.8) is 0 Å². The minimum atomic E-state index is -0.436. The molecule has 0 saturated carbocycles. The van der Waals surface area contributed by atoms with Gasteiger partial charge >= 0.3 is 5.97 Å². The maximum atomic E-state index is 11.6. The lowest BCUT2D eigenvalue weighted by Gasteiger charge is -2.32. The Kier molecular flexibility index (Phi) is 8.16. The van der Waals surface area contributed by atoms with E-state index in [4.69, 9.17) is 9.47 Å². The van der Waals surface area contributed by atoms with E-state index in [2.05, 4.69) is 26.5 Å². The average Bonchev–Trinajstić information content (AvgIpc) is 2.65. The van der Waals surface area contributed by atoms with Crippen LogP contribution < -0.4 is 4.74 Å². The number of phenolic OH excluding ortho intramolecular Hbond substituents is 1. The number of aryl methyl sites for hydroxylation is 1. The van der Waals surface area contributed by atoms with Crippen LogP contribution in [0.3, 0.4) is 0 Å². The molecular weight excluding hydrogens is 352 g/mol. The first-order valence-corrected chi connectivity index (χ1v) is 10.2. The van der Waals surface area contributed by atoms with Crippen LogP contribution in [-0.2, 0) is 16.0 Å². The van der Waals surface area contributed by atoms with E-state index >= 15 is 0 Å². The largest absolute Gasteiger partial charge is 0.507 e. The summed E-state index contributed by atoms with van der Waals surface area (Å²) in [5.74, 6) is 0.591. The van der Waals surface area contributed by atoms with Gasteiger partial charge in [0.1, 0.15) is 11.5 Å². The van der Waals surface area contributed by atoms with Crippen LogP contribution in [0, 0.1) is 5.92 Å². The highest BCUT2D eigenvalue weighted by Crippen LogP contribution is 2.47. The molecule has 4 heteroatoms. The Morgan fingerprint density at radius 2 is 2.07 bits per heavy atom. The number of esters is 1. The van der Waals surface area contributed by atoms with E-state index in [1.807, 2.05) is 19.1 Å². The predicted octanol–water partition coefficient (Wildman–Crippen LogP) is 5.69. The van der Waals surface area contributed by atoms with Gasteiger partial charge in [-0.2, -0.15) is 0 Å².